The van der Waals surface area contributed by atoms with Crippen LogP contribution in [0, 0.1) is 17.8 Å². The molecule has 3 atom stereocenters. The standard InChI is InChI=1S/C13H24/c1-7-8-11(4)13(6)9-12(5)10(2)3/h7,11-13H,1-2,8-9H2,3-6H3. The molecule has 0 nitrogen and oxygen atoms in total. The molecular weight excluding hydrogens is 156 g/mol. The molecule has 0 aliphatic rings. The molecule has 0 heterocycles. The molecule has 0 aliphatic carbocycles. The Morgan fingerprint density at radius 1 is 1.23 bits per heavy atom. The van der Waals surface area contributed by atoms with Crippen LogP contribution in [0.15, 0.2) is 24.8 Å². The molecule has 0 radical (unpaired) electrons. The predicted molar refractivity (Wildman–Crippen MR) is 61.7 cm³/mol. The Balaban J connectivity index is 3.90. The highest BCUT2D eigenvalue weighted by Crippen LogP contribution is 2.25. The van der Waals surface area contributed by atoms with Crippen LogP contribution in [0.25, 0.3) is 0 Å². The van der Waals surface area contributed by atoms with Gasteiger partial charge in [-0.15, -0.1) is 6.58 Å². The van der Waals surface area contributed by atoms with Crippen molar-refractivity contribution in [2.45, 2.75) is 40.5 Å². The summed E-state index contributed by atoms with van der Waals surface area (Å²) in [5.41, 5.74) is 1.30. The number of rotatable bonds is 6. The van der Waals surface area contributed by atoms with Gasteiger partial charge in [-0.2, -0.15) is 0 Å². The van der Waals surface area contributed by atoms with Crippen molar-refractivity contribution in [3.05, 3.63) is 24.8 Å². The molecule has 0 bridgehead atoms. The van der Waals surface area contributed by atoms with E-state index in [0.717, 1.165) is 18.3 Å². The average molecular weight is 180 g/mol. The van der Waals surface area contributed by atoms with Crippen LogP contribution in [0.3, 0.4) is 0 Å². The van der Waals surface area contributed by atoms with E-state index < -0.39 is 0 Å². The van der Waals surface area contributed by atoms with Crippen molar-refractivity contribution in [2.24, 2.45) is 17.8 Å². The molecule has 0 spiro atoms. The fourth-order valence-corrected chi connectivity index (χ4v) is 1.49. The van der Waals surface area contributed by atoms with Gasteiger partial charge < -0.3 is 0 Å². The molecule has 0 amide bonds. The van der Waals surface area contributed by atoms with Crippen molar-refractivity contribution < 1.29 is 0 Å². The van der Waals surface area contributed by atoms with Crippen molar-refractivity contribution in [2.75, 3.05) is 0 Å². The molecule has 0 aliphatic heterocycles. The van der Waals surface area contributed by atoms with E-state index in [2.05, 4.69) is 40.9 Å². The first-order chi connectivity index (χ1) is 5.99. The van der Waals surface area contributed by atoms with E-state index in [-0.39, 0.29) is 0 Å². The quantitative estimate of drug-likeness (QED) is 0.530. The minimum absolute atomic E-state index is 0.655. The van der Waals surface area contributed by atoms with Crippen LogP contribution in [0.1, 0.15) is 40.5 Å². The highest BCUT2D eigenvalue weighted by molar-refractivity contribution is 4.94. The zero-order valence-electron chi connectivity index (χ0n) is 9.64. The van der Waals surface area contributed by atoms with Gasteiger partial charge in [0.1, 0.15) is 0 Å². The fraction of sp³-hybridized carbons (Fsp3) is 0.692. The molecule has 0 saturated carbocycles. The van der Waals surface area contributed by atoms with E-state index >= 15 is 0 Å². The van der Waals surface area contributed by atoms with Crippen LogP contribution >= 0.6 is 0 Å². The summed E-state index contributed by atoms with van der Waals surface area (Å²) in [6.07, 6.45) is 4.40. The van der Waals surface area contributed by atoms with Crippen LogP contribution in [0.2, 0.25) is 0 Å². The Kier molecular flexibility index (Phi) is 5.77. The van der Waals surface area contributed by atoms with Crippen molar-refractivity contribution in [3.63, 3.8) is 0 Å². The molecule has 0 aromatic rings. The van der Waals surface area contributed by atoms with E-state index in [1.807, 2.05) is 6.08 Å². The zero-order chi connectivity index (χ0) is 10.4. The van der Waals surface area contributed by atoms with Crippen molar-refractivity contribution in [3.8, 4) is 0 Å². The lowest BCUT2D eigenvalue weighted by Gasteiger charge is -2.22. The third-order valence-electron chi connectivity index (χ3n) is 3.08. The molecule has 0 heteroatoms. The molecular formula is C13H24. The predicted octanol–water partition coefficient (Wildman–Crippen LogP) is 4.44. The Morgan fingerprint density at radius 3 is 2.15 bits per heavy atom. The van der Waals surface area contributed by atoms with Gasteiger partial charge in [0.05, 0.1) is 0 Å². The van der Waals surface area contributed by atoms with Gasteiger partial charge in [0.25, 0.3) is 0 Å². The van der Waals surface area contributed by atoms with E-state index in [9.17, 15) is 0 Å². The average Bonchev–Trinajstić information content (AvgIpc) is 2.04. The maximum atomic E-state index is 3.99. The van der Waals surface area contributed by atoms with Gasteiger partial charge in [0.15, 0.2) is 0 Å². The monoisotopic (exact) mass is 180 g/mol. The highest BCUT2D eigenvalue weighted by Gasteiger charge is 2.14. The van der Waals surface area contributed by atoms with Gasteiger partial charge in [-0.1, -0.05) is 39.0 Å². The van der Waals surface area contributed by atoms with E-state index in [4.69, 9.17) is 0 Å². The Labute approximate surface area is 83.7 Å². The maximum Gasteiger partial charge on any atom is -0.0234 e. The lowest BCUT2D eigenvalue weighted by atomic mass is 9.84. The minimum Gasteiger partial charge on any atom is -0.103 e. The van der Waals surface area contributed by atoms with Crippen molar-refractivity contribution in [1.82, 2.24) is 0 Å². The second kappa shape index (κ2) is 6.01. The Morgan fingerprint density at radius 2 is 1.77 bits per heavy atom. The van der Waals surface area contributed by atoms with Gasteiger partial charge >= 0.3 is 0 Å². The third-order valence-corrected chi connectivity index (χ3v) is 3.08. The van der Waals surface area contributed by atoms with E-state index in [1.54, 1.807) is 0 Å². The molecule has 3 unspecified atom stereocenters. The SMILES string of the molecule is C=CCC(C)C(C)CC(C)C(=C)C. The largest absolute Gasteiger partial charge is 0.103 e. The van der Waals surface area contributed by atoms with Crippen LogP contribution in [-0.4, -0.2) is 0 Å². The topological polar surface area (TPSA) is 0 Å². The van der Waals surface area contributed by atoms with Gasteiger partial charge in [-0.25, -0.2) is 0 Å². The molecule has 0 rings (SSSR count). The van der Waals surface area contributed by atoms with Crippen molar-refractivity contribution in [1.29, 1.82) is 0 Å². The molecule has 0 aromatic heterocycles. The normalized spacial score (nSPS) is 17.5. The van der Waals surface area contributed by atoms with Crippen LogP contribution < -0.4 is 0 Å². The van der Waals surface area contributed by atoms with Crippen molar-refractivity contribution >= 4 is 0 Å². The number of allylic oxidation sites excluding steroid dienone is 2. The van der Waals surface area contributed by atoms with E-state index in [1.165, 1.54) is 12.0 Å². The Bertz CT molecular complexity index is 167. The zero-order valence-corrected chi connectivity index (χ0v) is 9.64. The molecule has 13 heavy (non-hydrogen) atoms. The molecule has 76 valence electrons. The molecule has 0 aromatic carbocycles. The van der Waals surface area contributed by atoms with E-state index in [0.29, 0.717) is 5.92 Å². The summed E-state index contributed by atoms with van der Waals surface area (Å²) in [5.74, 6) is 2.17. The van der Waals surface area contributed by atoms with Crippen LogP contribution in [0.5, 0.6) is 0 Å². The summed E-state index contributed by atoms with van der Waals surface area (Å²) in [4.78, 5) is 0. The van der Waals surface area contributed by atoms with Gasteiger partial charge in [-0.3, -0.25) is 0 Å². The summed E-state index contributed by atoms with van der Waals surface area (Å²) < 4.78 is 0. The lowest BCUT2D eigenvalue weighted by molar-refractivity contribution is 0.333. The first kappa shape index (κ1) is 12.5. The minimum atomic E-state index is 0.655. The highest BCUT2D eigenvalue weighted by atomic mass is 14.2. The first-order valence-electron chi connectivity index (χ1n) is 5.25. The fourth-order valence-electron chi connectivity index (χ4n) is 1.49. The second-order valence-corrected chi connectivity index (χ2v) is 4.46. The first-order valence-corrected chi connectivity index (χ1v) is 5.25. The van der Waals surface area contributed by atoms with Gasteiger partial charge in [0, 0.05) is 0 Å². The number of hydrogen-bond donors (Lipinski definition) is 0. The summed E-state index contributed by atoms with van der Waals surface area (Å²) in [7, 11) is 0. The summed E-state index contributed by atoms with van der Waals surface area (Å²) in [6.45, 7) is 16.8. The Hall–Kier alpha value is -0.520. The molecule has 0 N–H and O–H groups in total. The summed E-state index contributed by atoms with van der Waals surface area (Å²) in [6, 6.07) is 0. The van der Waals surface area contributed by atoms with Crippen LogP contribution in [0.4, 0.5) is 0 Å². The molecule has 0 fully saturated rings. The lowest BCUT2D eigenvalue weighted by Crippen LogP contribution is -2.11. The van der Waals surface area contributed by atoms with Gasteiger partial charge in [-0.05, 0) is 37.5 Å². The molecule has 0 saturated heterocycles. The van der Waals surface area contributed by atoms with Crippen LogP contribution in [-0.2, 0) is 0 Å². The summed E-state index contributed by atoms with van der Waals surface area (Å²) in [5, 5.41) is 0. The second-order valence-electron chi connectivity index (χ2n) is 4.46. The van der Waals surface area contributed by atoms with Gasteiger partial charge in [0.2, 0.25) is 0 Å². The number of hydrogen-bond acceptors (Lipinski definition) is 0. The summed E-state index contributed by atoms with van der Waals surface area (Å²) >= 11 is 0. The smallest absolute Gasteiger partial charge is 0.0234 e. The third kappa shape index (κ3) is 4.92. The maximum absolute atomic E-state index is 3.99.